The van der Waals surface area contributed by atoms with E-state index in [1.807, 2.05) is 18.4 Å². The molecule has 32 heavy (non-hydrogen) atoms. The molecule has 0 aliphatic carbocycles. The Balaban J connectivity index is 1.54. The van der Waals surface area contributed by atoms with E-state index in [0.29, 0.717) is 34.7 Å². The second-order valence-corrected chi connectivity index (χ2v) is 8.35. The van der Waals surface area contributed by atoms with Crippen LogP contribution in [0.3, 0.4) is 0 Å². The number of aromatic nitrogens is 3. The summed E-state index contributed by atoms with van der Waals surface area (Å²) in [5, 5.41) is 14.9. The molecule has 0 saturated heterocycles. The van der Waals surface area contributed by atoms with E-state index in [4.69, 9.17) is 11.6 Å². The summed E-state index contributed by atoms with van der Waals surface area (Å²) < 4.78 is 15.5. The van der Waals surface area contributed by atoms with Crippen molar-refractivity contribution in [1.82, 2.24) is 14.8 Å². The van der Waals surface area contributed by atoms with Crippen molar-refractivity contribution in [3.05, 3.63) is 64.7 Å². The predicted octanol–water partition coefficient (Wildman–Crippen LogP) is 4.70. The summed E-state index contributed by atoms with van der Waals surface area (Å²) in [6.45, 7) is 4.40. The van der Waals surface area contributed by atoms with Gasteiger partial charge in [-0.2, -0.15) is 0 Å². The lowest BCUT2D eigenvalue weighted by atomic mass is 10.2. The standard InChI is InChI=1S/C22H23ClFN5O2S/c1-3-29-19(10-11-20(30)26-18-7-5-4-6-16(18)24)27-28-22(29)32-13-21(31)25-17-9-8-15(23)12-14(17)2/h4-9,12H,3,10-11,13H2,1-2H3,(H,25,31)(H,26,30). The first-order valence-electron chi connectivity index (χ1n) is 10.0. The first-order valence-corrected chi connectivity index (χ1v) is 11.4. The van der Waals surface area contributed by atoms with Crippen LogP contribution >= 0.6 is 23.4 Å². The zero-order valence-electron chi connectivity index (χ0n) is 17.7. The van der Waals surface area contributed by atoms with E-state index in [1.54, 1.807) is 30.3 Å². The summed E-state index contributed by atoms with van der Waals surface area (Å²) in [6, 6.07) is 11.3. The van der Waals surface area contributed by atoms with E-state index in [0.717, 1.165) is 5.56 Å². The number of nitrogens with zero attached hydrogens (tertiary/aromatic N) is 3. The van der Waals surface area contributed by atoms with Gasteiger partial charge in [0.2, 0.25) is 11.8 Å². The monoisotopic (exact) mass is 475 g/mol. The van der Waals surface area contributed by atoms with Crippen LogP contribution in [0.15, 0.2) is 47.6 Å². The molecule has 0 unspecified atom stereocenters. The van der Waals surface area contributed by atoms with Gasteiger partial charge in [-0.25, -0.2) is 4.39 Å². The number of thioether (sulfide) groups is 1. The highest BCUT2D eigenvalue weighted by atomic mass is 35.5. The van der Waals surface area contributed by atoms with Gasteiger partial charge in [0.25, 0.3) is 0 Å². The van der Waals surface area contributed by atoms with Gasteiger partial charge < -0.3 is 15.2 Å². The highest BCUT2D eigenvalue weighted by Crippen LogP contribution is 2.22. The van der Waals surface area contributed by atoms with Gasteiger partial charge in [0.1, 0.15) is 11.6 Å². The average Bonchev–Trinajstić information content (AvgIpc) is 3.16. The Morgan fingerprint density at radius 3 is 2.56 bits per heavy atom. The summed E-state index contributed by atoms with van der Waals surface area (Å²) in [4.78, 5) is 24.5. The summed E-state index contributed by atoms with van der Waals surface area (Å²) in [5.74, 6) is -0.172. The van der Waals surface area contributed by atoms with Crippen LogP contribution < -0.4 is 10.6 Å². The summed E-state index contributed by atoms with van der Waals surface area (Å²) in [5.41, 5.74) is 1.73. The van der Waals surface area contributed by atoms with Crippen LogP contribution in [0, 0.1) is 12.7 Å². The Morgan fingerprint density at radius 2 is 1.84 bits per heavy atom. The normalized spacial score (nSPS) is 10.8. The molecule has 1 aromatic heterocycles. The summed E-state index contributed by atoms with van der Waals surface area (Å²) in [7, 11) is 0. The van der Waals surface area contributed by atoms with Gasteiger partial charge in [0.05, 0.1) is 11.4 Å². The van der Waals surface area contributed by atoms with E-state index in [-0.39, 0.29) is 29.7 Å². The molecule has 10 heteroatoms. The largest absolute Gasteiger partial charge is 0.325 e. The minimum atomic E-state index is -0.483. The van der Waals surface area contributed by atoms with Crippen LogP contribution in [-0.2, 0) is 22.6 Å². The van der Waals surface area contributed by atoms with E-state index in [9.17, 15) is 14.0 Å². The lowest BCUT2D eigenvalue weighted by Crippen LogP contribution is -2.16. The van der Waals surface area contributed by atoms with Gasteiger partial charge in [-0.15, -0.1) is 10.2 Å². The molecule has 0 aliphatic rings. The molecule has 0 fully saturated rings. The number of para-hydroxylation sites is 1. The number of aryl methyl sites for hydroxylation is 2. The number of carbonyl (C=O) groups is 2. The van der Waals surface area contributed by atoms with Crippen molar-refractivity contribution in [2.45, 2.75) is 38.4 Å². The second kappa shape index (κ2) is 11.1. The molecule has 0 radical (unpaired) electrons. The fraction of sp³-hybridized carbons (Fsp3) is 0.273. The zero-order valence-corrected chi connectivity index (χ0v) is 19.3. The van der Waals surface area contributed by atoms with Crippen molar-refractivity contribution in [3.8, 4) is 0 Å². The Bertz CT molecular complexity index is 1120. The zero-order chi connectivity index (χ0) is 23.1. The van der Waals surface area contributed by atoms with Crippen molar-refractivity contribution in [2.75, 3.05) is 16.4 Å². The molecular weight excluding hydrogens is 453 g/mol. The Labute approximate surface area is 194 Å². The van der Waals surface area contributed by atoms with Gasteiger partial charge >= 0.3 is 0 Å². The molecule has 3 aromatic rings. The fourth-order valence-electron chi connectivity index (χ4n) is 3.01. The maximum atomic E-state index is 13.7. The van der Waals surface area contributed by atoms with Gasteiger partial charge in [-0.1, -0.05) is 35.5 Å². The third kappa shape index (κ3) is 6.30. The molecule has 0 aliphatic heterocycles. The summed E-state index contributed by atoms with van der Waals surface area (Å²) in [6.07, 6.45) is 0.477. The number of halogens is 2. The van der Waals surface area contributed by atoms with Gasteiger partial charge in [-0.3, -0.25) is 9.59 Å². The topological polar surface area (TPSA) is 88.9 Å². The Kier molecular flexibility index (Phi) is 8.24. The first-order chi connectivity index (χ1) is 15.4. The van der Waals surface area contributed by atoms with Crippen LogP contribution in [0.4, 0.5) is 15.8 Å². The van der Waals surface area contributed by atoms with Crippen LogP contribution in [0.1, 0.15) is 24.7 Å². The molecule has 0 atom stereocenters. The molecule has 2 aromatic carbocycles. The maximum Gasteiger partial charge on any atom is 0.234 e. The number of anilines is 2. The molecule has 3 rings (SSSR count). The van der Waals surface area contributed by atoms with Crippen LogP contribution in [0.5, 0.6) is 0 Å². The smallest absolute Gasteiger partial charge is 0.234 e. The van der Waals surface area contributed by atoms with Crippen LogP contribution in [0.2, 0.25) is 5.02 Å². The van der Waals surface area contributed by atoms with Crippen molar-refractivity contribution in [2.24, 2.45) is 0 Å². The lowest BCUT2D eigenvalue weighted by molar-refractivity contribution is -0.116. The van der Waals surface area contributed by atoms with Crippen molar-refractivity contribution in [1.29, 1.82) is 0 Å². The number of hydrogen-bond acceptors (Lipinski definition) is 5. The third-order valence-electron chi connectivity index (χ3n) is 4.63. The van der Waals surface area contributed by atoms with E-state index in [2.05, 4.69) is 20.8 Å². The first kappa shape index (κ1) is 23.7. The number of nitrogens with one attached hydrogen (secondary N) is 2. The van der Waals surface area contributed by atoms with Crippen LogP contribution in [-0.4, -0.2) is 32.3 Å². The molecular formula is C22H23ClFN5O2S. The van der Waals surface area contributed by atoms with E-state index < -0.39 is 5.82 Å². The van der Waals surface area contributed by atoms with Gasteiger partial charge in [0, 0.05) is 30.1 Å². The van der Waals surface area contributed by atoms with Crippen molar-refractivity contribution in [3.63, 3.8) is 0 Å². The minimum Gasteiger partial charge on any atom is -0.325 e. The van der Waals surface area contributed by atoms with Gasteiger partial charge in [-0.05, 0) is 49.7 Å². The predicted molar refractivity (Wildman–Crippen MR) is 125 cm³/mol. The molecule has 0 spiro atoms. The maximum absolute atomic E-state index is 13.7. The molecule has 1 heterocycles. The molecule has 0 bridgehead atoms. The SMILES string of the molecule is CCn1c(CCC(=O)Nc2ccccc2F)nnc1SCC(=O)Nc1ccc(Cl)cc1C. The second-order valence-electron chi connectivity index (χ2n) is 6.97. The highest BCUT2D eigenvalue weighted by molar-refractivity contribution is 7.99. The molecule has 7 nitrogen and oxygen atoms in total. The molecule has 2 amide bonds. The van der Waals surface area contributed by atoms with E-state index >= 15 is 0 Å². The summed E-state index contributed by atoms with van der Waals surface area (Å²) >= 11 is 7.22. The fourth-order valence-corrected chi connectivity index (χ4v) is 4.06. The molecule has 2 N–H and O–H groups in total. The van der Waals surface area contributed by atoms with Gasteiger partial charge in [0.15, 0.2) is 5.16 Å². The van der Waals surface area contributed by atoms with Crippen LogP contribution in [0.25, 0.3) is 0 Å². The van der Waals surface area contributed by atoms with Crippen molar-refractivity contribution < 1.29 is 14.0 Å². The minimum absolute atomic E-state index is 0.132. The van der Waals surface area contributed by atoms with E-state index in [1.165, 1.54) is 23.9 Å². The average molecular weight is 476 g/mol. The number of amides is 2. The quantitative estimate of drug-likeness (QED) is 0.438. The number of benzene rings is 2. The third-order valence-corrected chi connectivity index (χ3v) is 5.83. The number of rotatable bonds is 9. The molecule has 0 saturated carbocycles. The molecule has 168 valence electrons. The lowest BCUT2D eigenvalue weighted by Gasteiger charge is -2.10. The highest BCUT2D eigenvalue weighted by Gasteiger charge is 2.15. The Hall–Kier alpha value is -2.91. The van der Waals surface area contributed by atoms with Crippen molar-refractivity contribution >= 4 is 46.6 Å². The number of hydrogen-bond donors (Lipinski definition) is 2. The number of carbonyl (C=O) groups excluding carboxylic acids is 2. The Morgan fingerprint density at radius 1 is 1.09 bits per heavy atom.